The van der Waals surface area contributed by atoms with Gasteiger partial charge in [0.1, 0.15) is 0 Å². The normalized spacial score (nSPS) is 11.5. The molecule has 0 saturated heterocycles. The zero-order valence-electron chi connectivity index (χ0n) is 27.7. The second-order valence-corrected chi connectivity index (χ2v) is 13.0. The number of fused-ring (bicyclic) bond motifs is 5. The lowest BCUT2D eigenvalue weighted by atomic mass is 9.86. The van der Waals surface area contributed by atoms with Crippen LogP contribution in [-0.4, -0.2) is 14.5 Å². The van der Waals surface area contributed by atoms with Crippen molar-refractivity contribution in [2.24, 2.45) is 0 Å². The van der Waals surface area contributed by atoms with Gasteiger partial charge in [0.25, 0.3) is 0 Å². The van der Waals surface area contributed by atoms with Gasteiger partial charge in [0.15, 0.2) is 0 Å². The van der Waals surface area contributed by atoms with Gasteiger partial charge in [0.2, 0.25) is 0 Å². The van der Waals surface area contributed by atoms with Crippen molar-refractivity contribution in [3.63, 3.8) is 0 Å². The summed E-state index contributed by atoms with van der Waals surface area (Å²) in [5.41, 5.74) is 12.4. The first-order valence-corrected chi connectivity index (χ1v) is 17.3. The Kier molecular flexibility index (Phi) is 6.81. The van der Waals surface area contributed by atoms with Crippen molar-refractivity contribution in [2.45, 2.75) is 0 Å². The van der Waals surface area contributed by atoms with Crippen molar-refractivity contribution >= 4 is 43.4 Å². The van der Waals surface area contributed by atoms with Gasteiger partial charge in [-0.25, -0.2) is 0 Å². The zero-order valence-corrected chi connectivity index (χ0v) is 27.7. The Morgan fingerprint density at radius 1 is 0.333 bits per heavy atom. The maximum absolute atomic E-state index is 4.86. The monoisotopic (exact) mass is 649 g/mol. The second kappa shape index (κ2) is 11.9. The number of hydrogen-bond donors (Lipinski definition) is 0. The molecule has 0 atom stereocenters. The van der Waals surface area contributed by atoms with Crippen LogP contribution in [0.2, 0.25) is 0 Å². The van der Waals surface area contributed by atoms with Crippen LogP contribution in [0.3, 0.4) is 0 Å². The number of aromatic nitrogens is 3. The number of hydrogen-bond acceptors (Lipinski definition) is 2. The van der Waals surface area contributed by atoms with E-state index in [9.17, 15) is 0 Å². The first-order valence-electron chi connectivity index (χ1n) is 17.3. The molecule has 0 fully saturated rings. The minimum absolute atomic E-state index is 0.864. The third-order valence-corrected chi connectivity index (χ3v) is 10.1. The summed E-state index contributed by atoms with van der Waals surface area (Å²) in [6.45, 7) is 0. The molecule has 0 radical (unpaired) electrons. The highest BCUT2D eigenvalue weighted by Crippen LogP contribution is 2.44. The fraction of sp³-hybridized carbons (Fsp3) is 0. The first-order chi connectivity index (χ1) is 25.3. The fourth-order valence-corrected chi connectivity index (χ4v) is 7.79. The molecule has 10 aromatic rings. The second-order valence-electron chi connectivity index (χ2n) is 13.0. The standard InChI is InChI=1S/C48H31N3/c1-3-13-33(14-4-1)47-37-17-7-9-19-39(37)48(40-20-10-8-18-38(40)47)34-24-22-32(23-25-34)35-26-27-45-41(29-35)42-30-44(43-21-11-12-28-49-43)50-31-46(42)51(45)36-15-5-2-6-16-36/h1-31H. The van der Waals surface area contributed by atoms with Gasteiger partial charge in [0, 0.05) is 22.7 Å². The molecule has 0 amide bonds. The highest BCUT2D eigenvalue weighted by Gasteiger charge is 2.18. The van der Waals surface area contributed by atoms with Crippen LogP contribution in [-0.2, 0) is 0 Å². The lowest BCUT2D eigenvalue weighted by Crippen LogP contribution is -1.94. The van der Waals surface area contributed by atoms with E-state index in [-0.39, 0.29) is 0 Å². The van der Waals surface area contributed by atoms with E-state index in [4.69, 9.17) is 4.98 Å². The van der Waals surface area contributed by atoms with Gasteiger partial charge < -0.3 is 4.57 Å². The van der Waals surface area contributed by atoms with Gasteiger partial charge in [-0.1, -0.05) is 133 Å². The van der Waals surface area contributed by atoms with E-state index in [1.165, 1.54) is 60.3 Å². The molecule has 0 bridgehead atoms. The van der Waals surface area contributed by atoms with Gasteiger partial charge in [-0.2, -0.15) is 0 Å². The minimum Gasteiger partial charge on any atom is -0.308 e. The van der Waals surface area contributed by atoms with Crippen molar-refractivity contribution in [2.75, 3.05) is 0 Å². The van der Waals surface area contributed by atoms with Crippen molar-refractivity contribution in [1.82, 2.24) is 14.5 Å². The van der Waals surface area contributed by atoms with E-state index in [1.54, 1.807) is 0 Å². The maximum atomic E-state index is 4.86. The maximum Gasteiger partial charge on any atom is 0.0893 e. The fourth-order valence-electron chi connectivity index (χ4n) is 7.79. The Morgan fingerprint density at radius 2 is 0.863 bits per heavy atom. The molecule has 3 nitrogen and oxygen atoms in total. The molecular weight excluding hydrogens is 619 g/mol. The molecule has 238 valence electrons. The molecule has 51 heavy (non-hydrogen) atoms. The van der Waals surface area contributed by atoms with Gasteiger partial charge in [-0.05, 0) is 97.4 Å². The van der Waals surface area contributed by atoms with E-state index in [1.807, 2.05) is 30.6 Å². The van der Waals surface area contributed by atoms with Crippen LogP contribution in [0.5, 0.6) is 0 Å². The topological polar surface area (TPSA) is 30.7 Å². The predicted octanol–water partition coefficient (Wildman–Crippen LogP) is 12.5. The van der Waals surface area contributed by atoms with Crippen LogP contribution < -0.4 is 0 Å². The molecule has 0 aliphatic rings. The summed E-state index contributed by atoms with van der Waals surface area (Å²) < 4.78 is 2.31. The average Bonchev–Trinajstić information content (AvgIpc) is 3.54. The van der Waals surface area contributed by atoms with Crippen LogP contribution in [0, 0.1) is 0 Å². The van der Waals surface area contributed by atoms with Crippen LogP contribution in [0.4, 0.5) is 0 Å². The van der Waals surface area contributed by atoms with Crippen LogP contribution in [0.15, 0.2) is 188 Å². The third kappa shape index (κ3) is 4.82. The quantitative estimate of drug-likeness (QED) is 0.174. The molecule has 0 spiro atoms. The summed E-state index contributed by atoms with van der Waals surface area (Å²) in [4.78, 5) is 9.45. The smallest absolute Gasteiger partial charge is 0.0893 e. The summed E-state index contributed by atoms with van der Waals surface area (Å²) in [5.74, 6) is 0. The molecule has 10 rings (SSSR count). The average molecular weight is 650 g/mol. The van der Waals surface area contributed by atoms with Crippen molar-refractivity contribution in [3.05, 3.63) is 188 Å². The zero-order chi connectivity index (χ0) is 33.7. The number of benzene rings is 7. The Hall–Kier alpha value is -6.84. The molecule has 0 aliphatic heterocycles. The minimum atomic E-state index is 0.864. The number of para-hydroxylation sites is 1. The van der Waals surface area contributed by atoms with E-state index in [2.05, 4.69) is 167 Å². The third-order valence-electron chi connectivity index (χ3n) is 10.1. The largest absolute Gasteiger partial charge is 0.308 e. The summed E-state index contributed by atoms with van der Waals surface area (Å²) in [6.07, 6.45) is 3.80. The van der Waals surface area contributed by atoms with Crippen molar-refractivity contribution in [1.29, 1.82) is 0 Å². The summed E-state index contributed by atoms with van der Waals surface area (Å²) in [6, 6.07) is 63.0. The van der Waals surface area contributed by atoms with Gasteiger partial charge in [-0.3, -0.25) is 9.97 Å². The van der Waals surface area contributed by atoms with Gasteiger partial charge >= 0.3 is 0 Å². The Labute approximate surface area is 295 Å². The van der Waals surface area contributed by atoms with Gasteiger partial charge in [-0.15, -0.1) is 0 Å². The number of pyridine rings is 2. The molecule has 0 aliphatic carbocycles. The van der Waals surface area contributed by atoms with Crippen molar-refractivity contribution < 1.29 is 0 Å². The van der Waals surface area contributed by atoms with Gasteiger partial charge in [0.05, 0.1) is 28.6 Å². The van der Waals surface area contributed by atoms with Crippen LogP contribution in [0.1, 0.15) is 0 Å². The van der Waals surface area contributed by atoms with Crippen molar-refractivity contribution in [3.8, 4) is 50.5 Å². The predicted molar refractivity (Wildman–Crippen MR) is 213 cm³/mol. The van der Waals surface area contributed by atoms with E-state index in [0.29, 0.717) is 0 Å². The Balaban J connectivity index is 1.13. The van der Waals surface area contributed by atoms with E-state index >= 15 is 0 Å². The first kappa shape index (κ1) is 29.1. The summed E-state index contributed by atoms with van der Waals surface area (Å²) in [7, 11) is 0. The van der Waals surface area contributed by atoms with Crippen LogP contribution >= 0.6 is 0 Å². The Morgan fingerprint density at radius 3 is 1.49 bits per heavy atom. The van der Waals surface area contributed by atoms with E-state index in [0.717, 1.165) is 33.5 Å². The molecule has 0 N–H and O–H groups in total. The molecule has 3 heterocycles. The Bertz CT molecular complexity index is 2820. The molecule has 0 unspecified atom stereocenters. The SMILES string of the molecule is c1ccc(-c2c3ccccc3c(-c3ccc(-c4ccc5c(c4)c4cc(-c6ccccn6)ncc4n5-c4ccccc4)cc3)c3ccccc23)cc1. The molecule has 7 aromatic carbocycles. The lowest BCUT2D eigenvalue weighted by Gasteiger charge is -2.18. The lowest BCUT2D eigenvalue weighted by molar-refractivity contribution is 1.16. The summed E-state index contributed by atoms with van der Waals surface area (Å²) >= 11 is 0. The molecule has 3 heteroatoms. The molecular formula is C48H31N3. The van der Waals surface area contributed by atoms with E-state index < -0.39 is 0 Å². The highest BCUT2D eigenvalue weighted by molar-refractivity contribution is 6.21. The number of nitrogens with zero attached hydrogens (tertiary/aromatic N) is 3. The highest BCUT2D eigenvalue weighted by atomic mass is 15.0. The molecule has 3 aromatic heterocycles. The number of rotatable bonds is 5. The van der Waals surface area contributed by atoms with Crippen LogP contribution in [0.25, 0.3) is 93.8 Å². The molecule has 0 saturated carbocycles. The summed E-state index contributed by atoms with van der Waals surface area (Å²) in [5, 5.41) is 7.39.